The number of benzene rings is 2. The minimum atomic E-state index is -1.16. The number of halogens is 3. The molecular formula is C27H24Cl3N5O3. The summed E-state index contributed by atoms with van der Waals surface area (Å²) in [5, 5.41) is 7.64. The molecule has 1 unspecified atom stereocenters. The van der Waals surface area contributed by atoms with Gasteiger partial charge in [-0.2, -0.15) is 0 Å². The minimum absolute atomic E-state index is 0.0217. The lowest BCUT2D eigenvalue weighted by molar-refractivity contribution is -0.114. The molecule has 1 saturated heterocycles. The highest BCUT2D eigenvalue weighted by atomic mass is 35.5. The Kier molecular flexibility index (Phi) is 8.02. The van der Waals surface area contributed by atoms with Gasteiger partial charge in [-0.3, -0.25) is 14.6 Å². The molecule has 8 nitrogen and oxygen atoms in total. The number of hydrogen-bond donors (Lipinski definition) is 1. The van der Waals surface area contributed by atoms with Crippen LogP contribution in [-0.4, -0.2) is 58.4 Å². The SMILES string of the molecule is O=C(Nc1cccc(C2CC(c3c(Cl)cccc3N3CCN(C(=O)c4cccnc4)CC3)=NO2)c1)C(Cl)Cl. The fraction of sp³-hybridized carbons (Fsp3) is 0.259. The van der Waals surface area contributed by atoms with Crippen LogP contribution in [0.15, 0.2) is 72.1 Å². The van der Waals surface area contributed by atoms with Gasteiger partial charge in [0.1, 0.15) is 0 Å². The molecular weight excluding hydrogens is 549 g/mol. The van der Waals surface area contributed by atoms with E-state index in [1.807, 2.05) is 41.3 Å². The third-order valence-corrected chi connectivity index (χ3v) is 7.20. The molecule has 3 heterocycles. The highest BCUT2D eigenvalue weighted by molar-refractivity contribution is 6.54. The molecule has 38 heavy (non-hydrogen) atoms. The second-order valence-electron chi connectivity index (χ2n) is 8.91. The van der Waals surface area contributed by atoms with Crippen LogP contribution in [0.4, 0.5) is 11.4 Å². The van der Waals surface area contributed by atoms with Gasteiger partial charge >= 0.3 is 0 Å². The van der Waals surface area contributed by atoms with E-state index in [-0.39, 0.29) is 12.0 Å². The Morgan fingerprint density at radius 1 is 1.03 bits per heavy atom. The van der Waals surface area contributed by atoms with Gasteiger partial charge in [-0.25, -0.2) is 0 Å². The summed E-state index contributed by atoms with van der Waals surface area (Å²) in [4.78, 5) is 37.4. The van der Waals surface area contributed by atoms with Crippen molar-refractivity contribution in [3.8, 4) is 0 Å². The van der Waals surface area contributed by atoms with E-state index in [1.165, 1.54) is 0 Å². The van der Waals surface area contributed by atoms with E-state index in [1.54, 1.807) is 30.6 Å². The second kappa shape index (κ2) is 11.6. The number of piperazine rings is 1. The molecule has 0 radical (unpaired) electrons. The third kappa shape index (κ3) is 5.72. The van der Waals surface area contributed by atoms with Crippen molar-refractivity contribution in [2.75, 3.05) is 36.4 Å². The highest BCUT2D eigenvalue weighted by Crippen LogP contribution is 2.37. The first-order valence-corrected chi connectivity index (χ1v) is 13.3. The first-order chi connectivity index (χ1) is 18.4. The summed E-state index contributed by atoms with van der Waals surface area (Å²) in [6, 6.07) is 16.6. The Hall–Kier alpha value is -3.33. The predicted octanol–water partition coefficient (Wildman–Crippen LogP) is 5.31. The molecule has 0 saturated carbocycles. The molecule has 3 aromatic rings. The van der Waals surface area contributed by atoms with Crippen molar-refractivity contribution in [1.82, 2.24) is 9.88 Å². The van der Waals surface area contributed by atoms with Crippen molar-refractivity contribution in [2.24, 2.45) is 5.16 Å². The number of carbonyl (C=O) groups excluding carboxylic acids is 2. The maximum atomic E-state index is 12.8. The Morgan fingerprint density at radius 3 is 2.55 bits per heavy atom. The third-order valence-electron chi connectivity index (χ3n) is 6.49. The number of alkyl halides is 2. The number of nitrogens with one attached hydrogen (secondary N) is 1. The standard InChI is InChI=1S/C27H24Cl3N5O3/c28-20-7-2-8-22(34-10-12-35(13-11-34)27(37)18-5-3-9-31-16-18)24(20)21-15-23(38-33-21)17-4-1-6-19(14-17)32-26(36)25(29)30/h1-9,14,16,23,25H,10-13,15H2,(H,32,36). The summed E-state index contributed by atoms with van der Waals surface area (Å²) < 4.78 is 0. The van der Waals surface area contributed by atoms with Gasteiger partial charge < -0.3 is 20.0 Å². The lowest BCUT2D eigenvalue weighted by atomic mass is 9.98. The number of anilines is 2. The molecule has 2 aromatic carbocycles. The molecule has 196 valence electrons. The van der Waals surface area contributed by atoms with Crippen molar-refractivity contribution in [3.05, 3.63) is 88.7 Å². The fourth-order valence-electron chi connectivity index (χ4n) is 4.60. The summed E-state index contributed by atoms with van der Waals surface area (Å²) in [6.07, 6.45) is 3.40. The van der Waals surface area contributed by atoms with E-state index >= 15 is 0 Å². The second-order valence-corrected chi connectivity index (χ2v) is 10.4. The molecule has 0 spiro atoms. The summed E-state index contributed by atoms with van der Waals surface area (Å²) in [6.45, 7) is 2.46. The number of hydrogen-bond acceptors (Lipinski definition) is 6. The van der Waals surface area contributed by atoms with Crippen molar-refractivity contribution >= 4 is 63.7 Å². The van der Waals surface area contributed by atoms with Crippen molar-refractivity contribution in [3.63, 3.8) is 0 Å². The van der Waals surface area contributed by atoms with Crippen molar-refractivity contribution in [1.29, 1.82) is 0 Å². The zero-order chi connectivity index (χ0) is 26.6. The van der Waals surface area contributed by atoms with Crippen LogP contribution in [0.25, 0.3) is 0 Å². The molecule has 1 N–H and O–H groups in total. The topological polar surface area (TPSA) is 87.1 Å². The lowest BCUT2D eigenvalue weighted by Crippen LogP contribution is -2.49. The summed E-state index contributed by atoms with van der Waals surface area (Å²) in [5.41, 5.74) is 4.50. The van der Waals surface area contributed by atoms with Gasteiger partial charge in [0.05, 0.1) is 16.3 Å². The predicted molar refractivity (Wildman–Crippen MR) is 149 cm³/mol. The maximum absolute atomic E-state index is 12.8. The minimum Gasteiger partial charge on any atom is -0.387 e. The first kappa shape index (κ1) is 26.3. The number of pyridine rings is 1. The van der Waals surface area contributed by atoms with Crippen molar-refractivity contribution in [2.45, 2.75) is 17.4 Å². The first-order valence-electron chi connectivity index (χ1n) is 12.1. The number of aromatic nitrogens is 1. The Balaban J connectivity index is 1.29. The monoisotopic (exact) mass is 571 g/mol. The van der Waals surface area contributed by atoms with Crippen LogP contribution in [0.2, 0.25) is 5.02 Å². The zero-order valence-electron chi connectivity index (χ0n) is 20.2. The van der Waals surface area contributed by atoms with Crippen LogP contribution in [0, 0.1) is 0 Å². The molecule has 2 aliphatic rings. The van der Waals surface area contributed by atoms with E-state index in [2.05, 4.69) is 20.4 Å². The lowest BCUT2D eigenvalue weighted by Gasteiger charge is -2.37. The summed E-state index contributed by atoms with van der Waals surface area (Å²) in [7, 11) is 0. The number of nitrogens with zero attached hydrogens (tertiary/aromatic N) is 4. The molecule has 0 aliphatic carbocycles. The highest BCUT2D eigenvalue weighted by Gasteiger charge is 2.30. The van der Waals surface area contributed by atoms with E-state index < -0.39 is 10.7 Å². The number of oxime groups is 1. The van der Waals surface area contributed by atoms with Crippen molar-refractivity contribution < 1.29 is 14.4 Å². The summed E-state index contributed by atoms with van der Waals surface area (Å²) in [5.74, 6) is -0.524. The summed E-state index contributed by atoms with van der Waals surface area (Å²) >= 11 is 18.0. The van der Waals surface area contributed by atoms with Crippen LogP contribution in [-0.2, 0) is 9.63 Å². The van der Waals surface area contributed by atoms with E-state index in [4.69, 9.17) is 39.6 Å². The maximum Gasteiger partial charge on any atom is 0.257 e. The Labute approximate surface area is 235 Å². The average molecular weight is 573 g/mol. The van der Waals surface area contributed by atoms with Crippen LogP contribution in [0.1, 0.15) is 34.0 Å². The fourth-order valence-corrected chi connectivity index (χ4v) is 4.99. The van der Waals surface area contributed by atoms with Gasteiger partial charge in [0.25, 0.3) is 11.8 Å². The molecule has 2 amide bonds. The van der Waals surface area contributed by atoms with Gasteiger partial charge in [0.15, 0.2) is 10.9 Å². The Morgan fingerprint density at radius 2 is 1.82 bits per heavy atom. The molecule has 5 rings (SSSR count). The Bertz CT molecular complexity index is 1360. The van der Waals surface area contributed by atoms with E-state index in [0.29, 0.717) is 48.9 Å². The normalized spacial score (nSPS) is 17.3. The number of rotatable bonds is 6. The van der Waals surface area contributed by atoms with E-state index in [0.717, 1.165) is 22.5 Å². The molecule has 1 atom stereocenters. The molecule has 2 aliphatic heterocycles. The van der Waals surface area contributed by atoms with Gasteiger partial charge in [0.2, 0.25) is 0 Å². The van der Waals surface area contributed by atoms with Gasteiger partial charge in [-0.15, -0.1) is 0 Å². The number of amides is 2. The zero-order valence-corrected chi connectivity index (χ0v) is 22.5. The average Bonchev–Trinajstić information content (AvgIpc) is 3.43. The van der Waals surface area contributed by atoms with Crippen LogP contribution in [0.3, 0.4) is 0 Å². The number of carbonyl (C=O) groups is 2. The van der Waals surface area contributed by atoms with Crippen LogP contribution in [0.5, 0.6) is 0 Å². The molecule has 0 bridgehead atoms. The molecule has 11 heteroatoms. The van der Waals surface area contributed by atoms with Crippen LogP contribution < -0.4 is 10.2 Å². The molecule has 1 aromatic heterocycles. The largest absolute Gasteiger partial charge is 0.387 e. The van der Waals surface area contributed by atoms with Gasteiger partial charge in [-0.1, -0.05) is 58.2 Å². The molecule has 1 fully saturated rings. The van der Waals surface area contributed by atoms with E-state index in [9.17, 15) is 9.59 Å². The van der Waals surface area contributed by atoms with Crippen LogP contribution >= 0.6 is 34.8 Å². The quantitative estimate of drug-likeness (QED) is 0.405. The van der Waals surface area contributed by atoms with Gasteiger partial charge in [0, 0.05) is 61.9 Å². The van der Waals surface area contributed by atoms with Gasteiger partial charge in [-0.05, 0) is 42.0 Å². The smallest absolute Gasteiger partial charge is 0.257 e.